The lowest BCUT2D eigenvalue weighted by Gasteiger charge is -2.02. The number of esters is 1. The van der Waals surface area contributed by atoms with Crippen molar-refractivity contribution in [2.75, 3.05) is 20.0 Å². The SMILES string of the molecule is CC=CC(=O)OCCCOCOO. The van der Waals surface area contributed by atoms with Crippen LogP contribution in [-0.4, -0.2) is 31.2 Å². The van der Waals surface area contributed by atoms with Crippen LogP contribution in [-0.2, 0) is 19.2 Å². The minimum absolute atomic E-state index is 0.164. The van der Waals surface area contributed by atoms with Crippen molar-refractivity contribution in [3.8, 4) is 0 Å². The Labute approximate surface area is 76.8 Å². The van der Waals surface area contributed by atoms with Crippen LogP contribution >= 0.6 is 0 Å². The number of carbonyl (C=O) groups is 1. The van der Waals surface area contributed by atoms with E-state index in [2.05, 4.69) is 4.89 Å². The third-order valence-electron chi connectivity index (χ3n) is 1.12. The molecule has 0 aliphatic rings. The summed E-state index contributed by atoms with van der Waals surface area (Å²) in [5.41, 5.74) is 0. The molecule has 0 heterocycles. The van der Waals surface area contributed by atoms with Crippen molar-refractivity contribution in [3.05, 3.63) is 12.2 Å². The van der Waals surface area contributed by atoms with Gasteiger partial charge in [0, 0.05) is 12.5 Å². The van der Waals surface area contributed by atoms with Crippen molar-refractivity contribution >= 4 is 5.97 Å². The van der Waals surface area contributed by atoms with Crippen LogP contribution in [0.15, 0.2) is 12.2 Å². The van der Waals surface area contributed by atoms with Crippen LogP contribution in [0.3, 0.4) is 0 Å². The molecule has 1 N–H and O–H groups in total. The molecule has 0 fully saturated rings. The summed E-state index contributed by atoms with van der Waals surface area (Å²) in [4.78, 5) is 14.4. The van der Waals surface area contributed by atoms with Gasteiger partial charge in [0.15, 0.2) is 6.79 Å². The smallest absolute Gasteiger partial charge is 0.330 e. The monoisotopic (exact) mass is 190 g/mol. The van der Waals surface area contributed by atoms with E-state index in [0.717, 1.165) is 0 Å². The Kier molecular flexibility index (Phi) is 8.54. The Morgan fingerprint density at radius 3 is 2.85 bits per heavy atom. The zero-order valence-corrected chi connectivity index (χ0v) is 7.56. The molecule has 0 radical (unpaired) electrons. The van der Waals surface area contributed by atoms with Gasteiger partial charge in [0.2, 0.25) is 0 Å². The molecule has 0 unspecified atom stereocenters. The normalized spacial score (nSPS) is 10.6. The number of hydrogen-bond donors (Lipinski definition) is 1. The Morgan fingerprint density at radius 1 is 1.46 bits per heavy atom. The first-order chi connectivity index (χ1) is 6.31. The molecule has 0 aliphatic carbocycles. The van der Waals surface area contributed by atoms with Gasteiger partial charge in [-0.15, -0.1) is 0 Å². The fourth-order valence-electron chi connectivity index (χ4n) is 0.614. The van der Waals surface area contributed by atoms with Gasteiger partial charge in [0.05, 0.1) is 13.2 Å². The molecule has 0 saturated carbocycles. The lowest BCUT2D eigenvalue weighted by Crippen LogP contribution is -2.06. The van der Waals surface area contributed by atoms with E-state index >= 15 is 0 Å². The van der Waals surface area contributed by atoms with Crippen LogP contribution < -0.4 is 0 Å². The summed E-state index contributed by atoms with van der Waals surface area (Å²) in [7, 11) is 0. The fourth-order valence-corrected chi connectivity index (χ4v) is 0.614. The molecule has 5 heteroatoms. The summed E-state index contributed by atoms with van der Waals surface area (Å²) in [5, 5.41) is 7.86. The van der Waals surface area contributed by atoms with Crippen LogP contribution in [0.4, 0.5) is 0 Å². The van der Waals surface area contributed by atoms with Crippen LogP contribution in [0.1, 0.15) is 13.3 Å². The number of rotatable bonds is 7. The average Bonchev–Trinajstić information content (AvgIpc) is 2.11. The lowest BCUT2D eigenvalue weighted by molar-refractivity contribution is -0.296. The molecule has 0 aliphatic heterocycles. The van der Waals surface area contributed by atoms with E-state index < -0.39 is 0 Å². The molecule has 0 saturated heterocycles. The Balaban J connectivity index is 3.11. The first kappa shape index (κ1) is 12.1. The van der Waals surface area contributed by atoms with Gasteiger partial charge < -0.3 is 9.47 Å². The zero-order chi connectivity index (χ0) is 9.94. The second kappa shape index (κ2) is 9.18. The molecular formula is C8H14O5. The number of allylic oxidation sites excluding steroid dienone is 1. The Hall–Kier alpha value is -0.910. The van der Waals surface area contributed by atoms with Crippen molar-refractivity contribution in [2.24, 2.45) is 0 Å². The molecule has 0 spiro atoms. The zero-order valence-electron chi connectivity index (χ0n) is 7.56. The largest absolute Gasteiger partial charge is 0.462 e. The van der Waals surface area contributed by atoms with E-state index in [1.807, 2.05) is 0 Å². The third-order valence-corrected chi connectivity index (χ3v) is 1.12. The highest BCUT2D eigenvalue weighted by Gasteiger charge is 1.95. The second-order valence-electron chi connectivity index (χ2n) is 2.18. The van der Waals surface area contributed by atoms with Gasteiger partial charge in [-0.3, -0.25) is 0 Å². The maximum atomic E-state index is 10.7. The van der Waals surface area contributed by atoms with E-state index in [-0.39, 0.29) is 12.8 Å². The highest BCUT2D eigenvalue weighted by molar-refractivity contribution is 5.81. The van der Waals surface area contributed by atoms with Gasteiger partial charge in [-0.25, -0.2) is 14.9 Å². The van der Waals surface area contributed by atoms with E-state index in [1.165, 1.54) is 6.08 Å². The predicted octanol–water partition coefficient (Wildman–Crippen LogP) is 0.960. The van der Waals surface area contributed by atoms with E-state index in [0.29, 0.717) is 19.6 Å². The van der Waals surface area contributed by atoms with Gasteiger partial charge in [-0.2, -0.15) is 0 Å². The van der Waals surface area contributed by atoms with Crippen molar-refractivity contribution < 1.29 is 24.4 Å². The van der Waals surface area contributed by atoms with E-state index in [9.17, 15) is 4.79 Å². The van der Waals surface area contributed by atoms with Gasteiger partial charge in [0.25, 0.3) is 0 Å². The first-order valence-corrected chi connectivity index (χ1v) is 3.94. The quantitative estimate of drug-likeness (QED) is 0.162. The van der Waals surface area contributed by atoms with Crippen LogP contribution in [0.5, 0.6) is 0 Å². The molecule has 0 rings (SSSR count). The molecule has 0 atom stereocenters. The van der Waals surface area contributed by atoms with E-state index in [4.69, 9.17) is 14.7 Å². The Morgan fingerprint density at radius 2 is 2.23 bits per heavy atom. The average molecular weight is 190 g/mol. The van der Waals surface area contributed by atoms with Crippen molar-refractivity contribution in [2.45, 2.75) is 13.3 Å². The summed E-state index contributed by atoms with van der Waals surface area (Å²) in [5.74, 6) is -0.360. The molecule has 13 heavy (non-hydrogen) atoms. The molecule has 0 aromatic rings. The Bertz CT molecular complexity index is 155. The molecule has 76 valence electrons. The standard InChI is InChI=1S/C8H14O5/c1-2-4-8(9)12-6-3-5-11-7-13-10/h2,4,10H,3,5-7H2,1H3. The number of ether oxygens (including phenoxy) is 2. The van der Waals surface area contributed by atoms with Gasteiger partial charge in [0.1, 0.15) is 0 Å². The molecule has 0 aromatic carbocycles. The van der Waals surface area contributed by atoms with Gasteiger partial charge >= 0.3 is 5.97 Å². The molecule has 0 aromatic heterocycles. The summed E-state index contributed by atoms with van der Waals surface area (Å²) >= 11 is 0. The van der Waals surface area contributed by atoms with Crippen molar-refractivity contribution in [1.29, 1.82) is 0 Å². The molecular weight excluding hydrogens is 176 g/mol. The number of hydrogen-bond acceptors (Lipinski definition) is 5. The lowest BCUT2D eigenvalue weighted by atomic mass is 10.5. The number of carbonyl (C=O) groups excluding carboxylic acids is 1. The molecule has 0 amide bonds. The highest BCUT2D eigenvalue weighted by Crippen LogP contribution is 1.87. The minimum Gasteiger partial charge on any atom is -0.462 e. The maximum absolute atomic E-state index is 10.7. The summed E-state index contributed by atoms with van der Waals surface area (Å²) in [6.07, 6.45) is 3.53. The molecule has 0 bridgehead atoms. The minimum atomic E-state index is -0.360. The third kappa shape index (κ3) is 9.00. The van der Waals surface area contributed by atoms with Gasteiger partial charge in [-0.05, 0) is 6.92 Å². The van der Waals surface area contributed by atoms with Crippen LogP contribution in [0.2, 0.25) is 0 Å². The van der Waals surface area contributed by atoms with Crippen molar-refractivity contribution in [1.82, 2.24) is 0 Å². The van der Waals surface area contributed by atoms with Crippen molar-refractivity contribution in [3.63, 3.8) is 0 Å². The van der Waals surface area contributed by atoms with Gasteiger partial charge in [-0.1, -0.05) is 6.08 Å². The predicted molar refractivity (Wildman–Crippen MR) is 44.9 cm³/mol. The maximum Gasteiger partial charge on any atom is 0.330 e. The van der Waals surface area contributed by atoms with E-state index in [1.54, 1.807) is 13.0 Å². The first-order valence-electron chi connectivity index (χ1n) is 3.94. The topological polar surface area (TPSA) is 65.0 Å². The summed E-state index contributed by atoms with van der Waals surface area (Å²) in [6.45, 7) is 2.25. The van der Waals surface area contributed by atoms with Crippen LogP contribution in [0, 0.1) is 0 Å². The second-order valence-corrected chi connectivity index (χ2v) is 2.18. The fraction of sp³-hybridized carbons (Fsp3) is 0.625. The van der Waals surface area contributed by atoms with Crippen LogP contribution in [0.25, 0.3) is 0 Å². The summed E-state index contributed by atoms with van der Waals surface area (Å²) in [6, 6.07) is 0. The molecule has 5 nitrogen and oxygen atoms in total. The highest BCUT2D eigenvalue weighted by atomic mass is 17.1. The summed E-state index contributed by atoms with van der Waals surface area (Å²) < 4.78 is 9.50.